The van der Waals surface area contributed by atoms with Gasteiger partial charge < -0.3 is 4.90 Å². The first kappa shape index (κ1) is 10.2. The van der Waals surface area contributed by atoms with Gasteiger partial charge in [0.05, 0.1) is 11.1 Å². The van der Waals surface area contributed by atoms with Gasteiger partial charge in [0.15, 0.2) is 0 Å². The summed E-state index contributed by atoms with van der Waals surface area (Å²) in [5, 5.41) is 8.62. The van der Waals surface area contributed by atoms with Crippen LogP contribution in [0.2, 0.25) is 0 Å². The van der Waals surface area contributed by atoms with Gasteiger partial charge >= 0.3 is 0 Å². The summed E-state index contributed by atoms with van der Waals surface area (Å²) in [4.78, 5) is 17.0. The molecule has 0 radical (unpaired) electrons. The Kier molecular flexibility index (Phi) is 3.19. The fourth-order valence-corrected chi connectivity index (χ4v) is 0.982. The highest BCUT2D eigenvalue weighted by atomic mass is 16.2. The zero-order valence-electron chi connectivity index (χ0n) is 8.19. The van der Waals surface area contributed by atoms with Gasteiger partial charge in [0.2, 0.25) is 0 Å². The van der Waals surface area contributed by atoms with Crippen molar-refractivity contribution in [1.82, 2.24) is 9.88 Å². The Labute approximate surface area is 82.8 Å². The molecule has 0 N–H and O–H groups in total. The van der Waals surface area contributed by atoms with Gasteiger partial charge in [0.25, 0.3) is 5.91 Å². The van der Waals surface area contributed by atoms with Crippen molar-refractivity contribution in [2.75, 3.05) is 13.6 Å². The first-order valence-electron chi connectivity index (χ1n) is 4.29. The number of nitriles is 1. The number of nitrogens with zero attached hydrogens (tertiary/aromatic N) is 3. The monoisotopic (exact) mass is 189 g/mol. The first-order chi connectivity index (χ1) is 6.69. The maximum Gasteiger partial charge on any atom is 0.255 e. The maximum atomic E-state index is 11.6. The van der Waals surface area contributed by atoms with Crippen LogP contribution in [0.25, 0.3) is 0 Å². The van der Waals surface area contributed by atoms with Crippen LogP contribution in [0.15, 0.2) is 18.5 Å². The number of aromatic nitrogens is 1. The third-order valence-corrected chi connectivity index (χ3v) is 1.94. The number of carbonyl (C=O) groups is 1. The minimum atomic E-state index is -0.114. The molecule has 0 atom stereocenters. The average molecular weight is 189 g/mol. The van der Waals surface area contributed by atoms with Gasteiger partial charge in [-0.05, 0) is 13.0 Å². The fourth-order valence-electron chi connectivity index (χ4n) is 0.982. The lowest BCUT2D eigenvalue weighted by Gasteiger charge is -2.13. The summed E-state index contributed by atoms with van der Waals surface area (Å²) in [5.41, 5.74) is 0.855. The van der Waals surface area contributed by atoms with Crippen LogP contribution in [0.1, 0.15) is 22.8 Å². The molecule has 1 aromatic rings. The highest BCUT2D eigenvalue weighted by molar-refractivity contribution is 5.94. The summed E-state index contributed by atoms with van der Waals surface area (Å²) in [7, 11) is 1.71. The molecular formula is C10H11N3O. The zero-order valence-corrected chi connectivity index (χ0v) is 8.19. The Bertz CT molecular complexity index is 381. The summed E-state index contributed by atoms with van der Waals surface area (Å²) < 4.78 is 0. The van der Waals surface area contributed by atoms with E-state index < -0.39 is 0 Å². The molecule has 0 spiro atoms. The number of hydrogen-bond acceptors (Lipinski definition) is 3. The van der Waals surface area contributed by atoms with E-state index in [1.807, 2.05) is 13.0 Å². The summed E-state index contributed by atoms with van der Waals surface area (Å²) in [5.74, 6) is -0.114. The standard InChI is InChI=1S/C10H11N3O/c1-3-13(2)10(14)9-4-8(5-11)6-12-7-9/h4,6-7H,3H2,1-2H3. The Morgan fingerprint density at radius 3 is 2.93 bits per heavy atom. The summed E-state index contributed by atoms with van der Waals surface area (Å²) in [6, 6.07) is 3.49. The smallest absolute Gasteiger partial charge is 0.255 e. The Morgan fingerprint density at radius 2 is 2.36 bits per heavy atom. The highest BCUT2D eigenvalue weighted by Crippen LogP contribution is 2.04. The molecule has 0 bridgehead atoms. The third kappa shape index (κ3) is 2.07. The summed E-state index contributed by atoms with van der Waals surface area (Å²) in [6.45, 7) is 2.52. The van der Waals surface area contributed by atoms with Crippen LogP contribution in [0.4, 0.5) is 0 Å². The van der Waals surface area contributed by atoms with E-state index in [4.69, 9.17) is 5.26 Å². The van der Waals surface area contributed by atoms with Crippen molar-refractivity contribution in [2.45, 2.75) is 6.92 Å². The lowest BCUT2D eigenvalue weighted by molar-refractivity contribution is 0.0802. The summed E-state index contributed by atoms with van der Waals surface area (Å²) in [6.07, 6.45) is 2.90. The molecule has 72 valence electrons. The molecule has 0 aliphatic heterocycles. The van der Waals surface area contributed by atoms with Crippen LogP contribution >= 0.6 is 0 Å². The van der Waals surface area contributed by atoms with E-state index in [0.29, 0.717) is 17.7 Å². The molecule has 0 aliphatic rings. The molecule has 1 aromatic heterocycles. The van der Waals surface area contributed by atoms with E-state index in [9.17, 15) is 4.79 Å². The van der Waals surface area contributed by atoms with Crippen LogP contribution in [0.5, 0.6) is 0 Å². The number of hydrogen-bond donors (Lipinski definition) is 0. The third-order valence-electron chi connectivity index (χ3n) is 1.94. The van der Waals surface area contributed by atoms with Gasteiger partial charge in [0.1, 0.15) is 6.07 Å². The molecule has 0 fully saturated rings. The van der Waals surface area contributed by atoms with Crippen molar-refractivity contribution in [3.8, 4) is 6.07 Å². The molecule has 1 heterocycles. The summed E-state index contributed by atoms with van der Waals surface area (Å²) >= 11 is 0. The Hall–Kier alpha value is -1.89. The maximum absolute atomic E-state index is 11.6. The minimum Gasteiger partial charge on any atom is -0.342 e. The van der Waals surface area contributed by atoms with Gasteiger partial charge in [-0.15, -0.1) is 0 Å². The molecule has 4 nitrogen and oxygen atoms in total. The molecule has 4 heteroatoms. The van der Waals surface area contributed by atoms with Gasteiger partial charge in [-0.2, -0.15) is 5.26 Å². The SMILES string of the molecule is CCN(C)C(=O)c1cncc(C#N)c1. The van der Waals surface area contributed by atoms with Crippen molar-refractivity contribution in [3.05, 3.63) is 29.6 Å². The Balaban J connectivity index is 2.97. The van der Waals surface area contributed by atoms with Crippen LogP contribution in [0.3, 0.4) is 0 Å². The second kappa shape index (κ2) is 4.38. The van der Waals surface area contributed by atoms with E-state index >= 15 is 0 Å². The number of pyridine rings is 1. The largest absolute Gasteiger partial charge is 0.342 e. The molecule has 0 aliphatic carbocycles. The molecule has 1 rings (SSSR count). The van der Waals surface area contributed by atoms with Crippen LogP contribution < -0.4 is 0 Å². The molecule has 0 saturated heterocycles. The van der Waals surface area contributed by atoms with Gasteiger partial charge in [-0.3, -0.25) is 9.78 Å². The van der Waals surface area contributed by atoms with E-state index in [1.54, 1.807) is 18.0 Å². The van der Waals surface area contributed by atoms with E-state index in [1.165, 1.54) is 12.4 Å². The topological polar surface area (TPSA) is 57.0 Å². The van der Waals surface area contributed by atoms with Crippen molar-refractivity contribution in [2.24, 2.45) is 0 Å². The van der Waals surface area contributed by atoms with Crippen molar-refractivity contribution >= 4 is 5.91 Å². The van der Waals surface area contributed by atoms with E-state index in [0.717, 1.165) is 0 Å². The van der Waals surface area contributed by atoms with E-state index in [2.05, 4.69) is 4.98 Å². The second-order valence-corrected chi connectivity index (χ2v) is 2.89. The lowest BCUT2D eigenvalue weighted by atomic mass is 10.2. The predicted molar refractivity (Wildman–Crippen MR) is 51.6 cm³/mol. The van der Waals surface area contributed by atoms with Crippen molar-refractivity contribution < 1.29 is 4.79 Å². The zero-order chi connectivity index (χ0) is 10.6. The number of amides is 1. The molecule has 0 unspecified atom stereocenters. The fraction of sp³-hybridized carbons (Fsp3) is 0.300. The highest BCUT2D eigenvalue weighted by Gasteiger charge is 2.10. The average Bonchev–Trinajstić information content (AvgIpc) is 2.27. The van der Waals surface area contributed by atoms with Gasteiger partial charge in [0, 0.05) is 26.0 Å². The van der Waals surface area contributed by atoms with Gasteiger partial charge in [-0.25, -0.2) is 0 Å². The molecule has 1 amide bonds. The first-order valence-corrected chi connectivity index (χ1v) is 4.29. The quantitative estimate of drug-likeness (QED) is 0.698. The number of rotatable bonds is 2. The minimum absolute atomic E-state index is 0.114. The predicted octanol–water partition coefficient (Wildman–Crippen LogP) is 1.05. The Morgan fingerprint density at radius 1 is 1.64 bits per heavy atom. The second-order valence-electron chi connectivity index (χ2n) is 2.89. The van der Waals surface area contributed by atoms with Crippen molar-refractivity contribution in [1.29, 1.82) is 5.26 Å². The lowest BCUT2D eigenvalue weighted by Crippen LogP contribution is -2.26. The molecule has 14 heavy (non-hydrogen) atoms. The molecule has 0 aromatic carbocycles. The normalized spacial score (nSPS) is 9.21. The van der Waals surface area contributed by atoms with Gasteiger partial charge in [-0.1, -0.05) is 0 Å². The van der Waals surface area contributed by atoms with Crippen LogP contribution in [-0.2, 0) is 0 Å². The van der Waals surface area contributed by atoms with Crippen molar-refractivity contribution in [3.63, 3.8) is 0 Å². The van der Waals surface area contributed by atoms with E-state index in [-0.39, 0.29) is 5.91 Å². The number of carbonyl (C=O) groups excluding carboxylic acids is 1. The van der Waals surface area contributed by atoms with Crippen LogP contribution in [-0.4, -0.2) is 29.4 Å². The molecule has 0 saturated carbocycles. The molecular weight excluding hydrogens is 178 g/mol. The van der Waals surface area contributed by atoms with Crippen LogP contribution in [0, 0.1) is 11.3 Å².